The van der Waals surface area contributed by atoms with Gasteiger partial charge in [0.1, 0.15) is 5.75 Å². The third-order valence-electron chi connectivity index (χ3n) is 3.81. The van der Waals surface area contributed by atoms with Crippen LogP contribution in [0.2, 0.25) is 0 Å². The lowest BCUT2D eigenvalue weighted by Gasteiger charge is -2.19. The van der Waals surface area contributed by atoms with Gasteiger partial charge < -0.3 is 24.4 Å². The largest absolute Gasteiger partial charge is 0.495 e. The van der Waals surface area contributed by atoms with Gasteiger partial charge in [-0.1, -0.05) is 12.1 Å². The predicted molar refractivity (Wildman–Crippen MR) is 89.3 cm³/mol. The summed E-state index contributed by atoms with van der Waals surface area (Å²) in [5, 5.41) is 2.55. The van der Waals surface area contributed by atoms with E-state index in [1.54, 1.807) is 24.3 Å². The van der Waals surface area contributed by atoms with Crippen LogP contribution in [-0.4, -0.2) is 58.3 Å². The zero-order valence-electron chi connectivity index (χ0n) is 14.3. The number of nitrogens with zero attached hydrogens (tertiary/aromatic N) is 1. The van der Waals surface area contributed by atoms with Crippen LogP contribution in [0.15, 0.2) is 24.3 Å². The fourth-order valence-electron chi connectivity index (χ4n) is 2.55. The second-order valence-electron chi connectivity index (χ2n) is 5.53. The van der Waals surface area contributed by atoms with Gasteiger partial charge in [-0.2, -0.15) is 0 Å². The molecule has 2 rings (SSSR count). The van der Waals surface area contributed by atoms with Gasteiger partial charge in [0.25, 0.3) is 5.91 Å². The number of carbonyl (C=O) groups is 3. The highest BCUT2D eigenvalue weighted by Crippen LogP contribution is 2.32. The molecule has 0 aromatic heterocycles. The van der Waals surface area contributed by atoms with E-state index in [0.29, 0.717) is 24.6 Å². The summed E-state index contributed by atoms with van der Waals surface area (Å²) >= 11 is 0. The van der Waals surface area contributed by atoms with E-state index in [4.69, 9.17) is 14.2 Å². The van der Waals surface area contributed by atoms with Gasteiger partial charge in [-0.25, -0.2) is 0 Å². The number of esters is 1. The minimum absolute atomic E-state index is 0.0438. The van der Waals surface area contributed by atoms with Crippen molar-refractivity contribution in [1.82, 2.24) is 5.32 Å². The van der Waals surface area contributed by atoms with Gasteiger partial charge >= 0.3 is 5.97 Å². The third kappa shape index (κ3) is 4.93. The molecule has 1 fully saturated rings. The van der Waals surface area contributed by atoms with Gasteiger partial charge in [0.2, 0.25) is 5.91 Å². The molecule has 1 unspecified atom stereocenters. The molecule has 136 valence electrons. The minimum Gasteiger partial charge on any atom is -0.495 e. The van der Waals surface area contributed by atoms with Crippen molar-refractivity contribution in [1.29, 1.82) is 0 Å². The number of rotatable bonds is 8. The normalized spacial score (nSPS) is 16.6. The molecule has 25 heavy (non-hydrogen) atoms. The summed E-state index contributed by atoms with van der Waals surface area (Å²) in [5.41, 5.74) is 0.614. The Kier molecular flexibility index (Phi) is 6.76. The van der Waals surface area contributed by atoms with Crippen molar-refractivity contribution in [2.45, 2.75) is 6.42 Å². The maximum absolute atomic E-state index is 12.2. The highest BCUT2D eigenvalue weighted by molar-refractivity contribution is 6.00. The van der Waals surface area contributed by atoms with Crippen molar-refractivity contribution < 1.29 is 28.6 Å². The third-order valence-corrected chi connectivity index (χ3v) is 3.81. The number of hydrogen-bond acceptors (Lipinski definition) is 6. The molecule has 0 spiro atoms. The Labute approximate surface area is 146 Å². The summed E-state index contributed by atoms with van der Waals surface area (Å²) in [7, 11) is 3.05. The van der Waals surface area contributed by atoms with Crippen LogP contribution in [0.5, 0.6) is 5.75 Å². The van der Waals surface area contributed by atoms with Crippen molar-refractivity contribution in [3.8, 4) is 5.75 Å². The fraction of sp³-hybridized carbons (Fsp3) is 0.471. The maximum atomic E-state index is 12.2. The molecule has 1 atom stereocenters. The first kappa shape index (κ1) is 18.7. The molecule has 0 saturated carbocycles. The molecule has 1 aliphatic heterocycles. The molecular weight excluding hydrogens is 328 g/mol. The second-order valence-corrected chi connectivity index (χ2v) is 5.53. The van der Waals surface area contributed by atoms with Crippen molar-refractivity contribution in [3.05, 3.63) is 24.3 Å². The standard InChI is InChI=1S/C17H22N2O6/c1-23-8-7-18-15(20)11-25-17(22)12-9-16(21)19(10-12)13-5-3-4-6-14(13)24-2/h3-6,12H,7-11H2,1-2H3,(H,18,20). The molecular formula is C17H22N2O6. The SMILES string of the molecule is COCCNC(=O)COC(=O)C1CC(=O)N(c2ccccc2OC)C1. The number of carbonyl (C=O) groups excluding carboxylic acids is 3. The number of hydrogen-bond donors (Lipinski definition) is 1. The average Bonchev–Trinajstić information content (AvgIpc) is 3.01. The van der Waals surface area contributed by atoms with Crippen molar-refractivity contribution in [2.75, 3.05) is 45.4 Å². The number of ether oxygens (including phenoxy) is 3. The quantitative estimate of drug-likeness (QED) is 0.537. The summed E-state index contributed by atoms with van der Waals surface area (Å²) < 4.78 is 15.1. The Bertz CT molecular complexity index is 633. The number of nitrogens with one attached hydrogen (secondary N) is 1. The molecule has 1 aromatic rings. The van der Waals surface area contributed by atoms with E-state index in [-0.39, 0.29) is 25.5 Å². The molecule has 8 nitrogen and oxygen atoms in total. The summed E-state index contributed by atoms with van der Waals surface area (Å²) in [6.07, 6.45) is 0.0438. The van der Waals surface area contributed by atoms with Crippen LogP contribution >= 0.6 is 0 Å². The Morgan fingerprint density at radius 2 is 2.04 bits per heavy atom. The summed E-state index contributed by atoms with van der Waals surface area (Å²) in [5.74, 6) is -1.20. The van der Waals surface area contributed by atoms with E-state index in [2.05, 4.69) is 5.32 Å². The first-order valence-corrected chi connectivity index (χ1v) is 7.92. The summed E-state index contributed by atoms with van der Waals surface area (Å²) in [6.45, 7) is 0.548. The van der Waals surface area contributed by atoms with Crippen LogP contribution in [0.25, 0.3) is 0 Å². The van der Waals surface area contributed by atoms with Crippen LogP contribution in [-0.2, 0) is 23.9 Å². The Morgan fingerprint density at radius 1 is 1.28 bits per heavy atom. The highest BCUT2D eigenvalue weighted by Gasteiger charge is 2.37. The fourth-order valence-corrected chi connectivity index (χ4v) is 2.55. The van der Waals surface area contributed by atoms with E-state index in [1.807, 2.05) is 0 Å². The van der Waals surface area contributed by atoms with Crippen molar-refractivity contribution >= 4 is 23.5 Å². The Morgan fingerprint density at radius 3 is 2.76 bits per heavy atom. The van der Waals surface area contributed by atoms with Gasteiger partial charge in [0.05, 0.1) is 25.3 Å². The topological polar surface area (TPSA) is 94.2 Å². The van der Waals surface area contributed by atoms with E-state index in [1.165, 1.54) is 19.1 Å². The molecule has 0 bridgehead atoms. The van der Waals surface area contributed by atoms with Crippen LogP contribution in [0.4, 0.5) is 5.69 Å². The number of benzene rings is 1. The minimum atomic E-state index is -0.607. The van der Waals surface area contributed by atoms with E-state index in [0.717, 1.165) is 0 Å². The van der Waals surface area contributed by atoms with Gasteiger partial charge in [0, 0.05) is 26.6 Å². The number of anilines is 1. The van der Waals surface area contributed by atoms with E-state index in [9.17, 15) is 14.4 Å². The molecule has 2 amide bonds. The number of para-hydroxylation sites is 2. The molecule has 1 aliphatic rings. The lowest BCUT2D eigenvalue weighted by atomic mass is 10.1. The smallest absolute Gasteiger partial charge is 0.311 e. The molecule has 1 saturated heterocycles. The van der Waals surface area contributed by atoms with Crippen molar-refractivity contribution in [2.24, 2.45) is 5.92 Å². The zero-order chi connectivity index (χ0) is 18.2. The van der Waals surface area contributed by atoms with E-state index < -0.39 is 17.8 Å². The van der Waals surface area contributed by atoms with Crippen LogP contribution < -0.4 is 15.0 Å². The molecule has 1 heterocycles. The maximum Gasteiger partial charge on any atom is 0.311 e. The van der Waals surface area contributed by atoms with Crippen LogP contribution in [0.3, 0.4) is 0 Å². The monoisotopic (exact) mass is 350 g/mol. The van der Waals surface area contributed by atoms with Crippen molar-refractivity contribution in [3.63, 3.8) is 0 Å². The second kappa shape index (κ2) is 9.03. The molecule has 0 radical (unpaired) electrons. The lowest BCUT2D eigenvalue weighted by molar-refractivity contribution is -0.152. The summed E-state index contributed by atoms with van der Waals surface area (Å²) in [4.78, 5) is 37.4. The number of methoxy groups -OCH3 is 2. The average molecular weight is 350 g/mol. The summed E-state index contributed by atoms with van der Waals surface area (Å²) in [6, 6.07) is 7.10. The molecule has 1 N–H and O–H groups in total. The van der Waals surface area contributed by atoms with Crippen LogP contribution in [0.1, 0.15) is 6.42 Å². The lowest BCUT2D eigenvalue weighted by Crippen LogP contribution is -2.33. The first-order chi connectivity index (χ1) is 12.1. The zero-order valence-corrected chi connectivity index (χ0v) is 14.3. The predicted octanol–water partition coefficient (Wildman–Crippen LogP) is 0.354. The van der Waals surface area contributed by atoms with E-state index >= 15 is 0 Å². The van der Waals surface area contributed by atoms with Crippen LogP contribution in [0, 0.1) is 5.92 Å². The van der Waals surface area contributed by atoms with Gasteiger partial charge in [0.15, 0.2) is 6.61 Å². The Balaban J connectivity index is 1.89. The Hall–Kier alpha value is -2.61. The highest BCUT2D eigenvalue weighted by atomic mass is 16.5. The molecule has 1 aromatic carbocycles. The van der Waals surface area contributed by atoms with Gasteiger partial charge in [-0.3, -0.25) is 14.4 Å². The number of amides is 2. The van der Waals surface area contributed by atoms with Gasteiger partial charge in [-0.05, 0) is 12.1 Å². The molecule has 8 heteroatoms. The molecule has 0 aliphatic carbocycles. The van der Waals surface area contributed by atoms with Gasteiger partial charge in [-0.15, -0.1) is 0 Å². The first-order valence-electron chi connectivity index (χ1n) is 7.92.